The highest BCUT2D eigenvalue weighted by molar-refractivity contribution is 6.33. The summed E-state index contributed by atoms with van der Waals surface area (Å²) >= 11 is 6.13. The van der Waals surface area contributed by atoms with E-state index in [1.165, 1.54) is 0 Å². The normalized spacial score (nSPS) is 19.8. The Kier molecular flexibility index (Phi) is 2.95. The lowest BCUT2D eigenvalue weighted by atomic mass is 10.1. The van der Waals surface area contributed by atoms with Crippen molar-refractivity contribution in [2.75, 3.05) is 30.3 Å². The van der Waals surface area contributed by atoms with Gasteiger partial charge >= 0.3 is 0 Å². The number of rotatable bonds is 1. The lowest BCUT2D eigenvalue weighted by Gasteiger charge is -2.39. The predicted molar refractivity (Wildman–Crippen MR) is 65.9 cm³/mol. The van der Waals surface area contributed by atoms with E-state index < -0.39 is 0 Å². The number of pyridine rings is 1. The molecule has 2 N–H and O–H groups in total. The van der Waals surface area contributed by atoms with Crippen molar-refractivity contribution in [1.82, 2.24) is 4.98 Å². The third kappa shape index (κ3) is 2.39. The molecule has 0 radical (unpaired) electrons. The van der Waals surface area contributed by atoms with Crippen molar-refractivity contribution < 1.29 is 4.74 Å². The van der Waals surface area contributed by atoms with Crippen LogP contribution in [0.3, 0.4) is 0 Å². The summed E-state index contributed by atoms with van der Waals surface area (Å²) in [6.45, 7) is 6.40. The number of nitrogens with zero attached hydrogens (tertiary/aromatic N) is 2. The molecule has 1 aromatic heterocycles. The van der Waals surface area contributed by atoms with E-state index in [1.807, 2.05) is 0 Å². The van der Waals surface area contributed by atoms with Crippen molar-refractivity contribution >= 4 is 23.1 Å². The van der Waals surface area contributed by atoms with Crippen LogP contribution in [-0.2, 0) is 4.74 Å². The topological polar surface area (TPSA) is 51.4 Å². The van der Waals surface area contributed by atoms with Crippen molar-refractivity contribution in [1.29, 1.82) is 0 Å². The highest BCUT2D eigenvalue weighted by Crippen LogP contribution is 2.28. The zero-order chi connectivity index (χ0) is 11.8. The van der Waals surface area contributed by atoms with E-state index in [4.69, 9.17) is 22.1 Å². The minimum Gasteiger partial charge on any atom is -0.397 e. The smallest absolute Gasteiger partial charge is 0.147 e. The van der Waals surface area contributed by atoms with Crippen LogP contribution in [0.15, 0.2) is 12.3 Å². The molecule has 0 aliphatic carbocycles. The summed E-state index contributed by atoms with van der Waals surface area (Å²) in [6, 6.07) is 1.73. The van der Waals surface area contributed by atoms with Gasteiger partial charge in [0.15, 0.2) is 0 Å². The molecular weight excluding hydrogens is 226 g/mol. The fourth-order valence-electron chi connectivity index (χ4n) is 1.88. The van der Waals surface area contributed by atoms with Gasteiger partial charge in [-0.05, 0) is 19.9 Å². The van der Waals surface area contributed by atoms with E-state index in [2.05, 4.69) is 23.7 Å². The van der Waals surface area contributed by atoms with Crippen molar-refractivity contribution in [3.63, 3.8) is 0 Å². The molecule has 0 atom stereocenters. The van der Waals surface area contributed by atoms with Crippen molar-refractivity contribution in [3.8, 4) is 0 Å². The number of nitrogen functional groups attached to an aromatic ring is 1. The number of hydrogen-bond donors (Lipinski definition) is 1. The summed E-state index contributed by atoms with van der Waals surface area (Å²) in [5.41, 5.74) is 6.04. The Labute approximate surface area is 100 Å². The van der Waals surface area contributed by atoms with E-state index in [1.54, 1.807) is 12.3 Å². The van der Waals surface area contributed by atoms with Crippen molar-refractivity contribution in [3.05, 3.63) is 17.3 Å². The van der Waals surface area contributed by atoms with Crippen LogP contribution in [0.4, 0.5) is 11.5 Å². The largest absolute Gasteiger partial charge is 0.397 e. The minimum atomic E-state index is -0.162. The molecule has 0 unspecified atom stereocenters. The maximum atomic E-state index is 6.13. The average Bonchev–Trinajstić information content (AvgIpc) is 2.15. The quantitative estimate of drug-likeness (QED) is 0.816. The Hall–Kier alpha value is -1.00. The number of nitrogens with two attached hydrogens (primary N) is 1. The molecule has 0 aromatic carbocycles. The lowest BCUT2D eigenvalue weighted by Crippen LogP contribution is -2.48. The molecular formula is C11H16ClN3O. The zero-order valence-corrected chi connectivity index (χ0v) is 10.3. The second kappa shape index (κ2) is 4.11. The molecule has 4 nitrogen and oxygen atoms in total. The Morgan fingerprint density at radius 2 is 2.31 bits per heavy atom. The Balaban J connectivity index is 2.23. The van der Waals surface area contributed by atoms with Crippen LogP contribution in [-0.4, -0.2) is 30.3 Å². The van der Waals surface area contributed by atoms with Crippen LogP contribution in [0.2, 0.25) is 5.02 Å². The first-order chi connectivity index (χ1) is 7.48. The van der Waals surface area contributed by atoms with Crippen LogP contribution in [0.5, 0.6) is 0 Å². The molecule has 2 heterocycles. The molecule has 0 bridgehead atoms. The second-order valence-electron chi connectivity index (χ2n) is 4.60. The monoisotopic (exact) mass is 241 g/mol. The van der Waals surface area contributed by atoms with Gasteiger partial charge in [0, 0.05) is 13.1 Å². The summed E-state index contributed by atoms with van der Waals surface area (Å²) in [4.78, 5) is 6.41. The average molecular weight is 242 g/mol. The van der Waals surface area contributed by atoms with Crippen LogP contribution in [0, 0.1) is 0 Å². The summed E-state index contributed by atoms with van der Waals surface area (Å²) < 4.78 is 5.64. The Morgan fingerprint density at radius 1 is 1.56 bits per heavy atom. The first-order valence-corrected chi connectivity index (χ1v) is 5.66. The number of anilines is 2. The third-order valence-electron chi connectivity index (χ3n) is 2.57. The van der Waals surface area contributed by atoms with Crippen LogP contribution in [0.25, 0.3) is 0 Å². The molecule has 1 saturated heterocycles. The zero-order valence-electron chi connectivity index (χ0n) is 9.53. The van der Waals surface area contributed by atoms with Gasteiger partial charge in [0.1, 0.15) is 5.82 Å². The minimum absolute atomic E-state index is 0.162. The molecule has 0 saturated carbocycles. The van der Waals surface area contributed by atoms with E-state index >= 15 is 0 Å². The highest BCUT2D eigenvalue weighted by atomic mass is 35.5. The van der Waals surface area contributed by atoms with E-state index in [0.29, 0.717) is 17.3 Å². The number of ether oxygens (including phenoxy) is 1. The summed E-state index contributed by atoms with van der Waals surface area (Å²) in [6.07, 6.45) is 1.63. The van der Waals surface area contributed by atoms with Crippen molar-refractivity contribution in [2.24, 2.45) is 0 Å². The first-order valence-electron chi connectivity index (χ1n) is 5.28. The Morgan fingerprint density at radius 3 is 2.94 bits per heavy atom. The molecule has 1 aliphatic rings. The van der Waals surface area contributed by atoms with Crippen LogP contribution < -0.4 is 10.6 Å². The molecule has 88 valence electrons. The van der Waals surface area contributed by atoms with Gasteiger partial charge in [-0.2, -0.15) is 0 Å². The molecule has 1 fully saturated rings. The van der Waals surface area contributed by atoms with E-state index in [0.717, 1.165) is 18.9 Å². The molecule has 5 heteroatoms. The Bertz CT molecular complexity index is 395. The number of hydrogen-bond acceptors (Lipinski definition) is 4. The fourth-order valence-corrected chi connectivity index (χ4v) is 2.17. The SMILES string of the molecule is CC1(C)CN(c2ncc(N)cc2Cl)CCO1. The van der Waals surface area contributed by atoms with Gasteiger partial charge in [-0.15, -0.1) is 0 Å². The fraction of sp³-hybridized carbons (Fsp3) is 0.545. The van der Waals surface area contributed by atoms with Crippen LogP contribution in [0.1, 0.15) is 13.8 Å². The van der Waals surface area contributed by atoms with E-state index in [-0.39, 0.29) is 5.60 Å². The number of aromatic nitrogens is 1. The van der Waals surface area contributed by atoms with Gasteiger partial charge in [0.2, 0.25) is 0 Å². The van der Waals surface area contributed by atoms with Gasteiger partial charge in [-0.25, -0.2) is 4.98 Å². The molecule has 0 spiro atoms. The molecule has 1 aliphatic heterocycles. The maximum Gasteiger partial charge on any atom is 0.147 e. The molecule has 0 amide bonds. The number of morpholine rings is 1. The van der Waals surface area contributed by atoms with Gasteiger partial charge in [-0.1, -0.05) is 11.6 Å². The second-order valence-corrected chi connectivity index (χ2v) is 5.01. The number of halogens is 1. The van der Waals surface area contributed by atoms with Gasteiger partial charge < -0.3 is 15.4 Å². The van der Waals surface area contributed by atoms with E-state index in [9.17, 15) is 0 Å². The maximum absolute atomic E-state index is 6.13. The predicted octanol–water partition coefficient (Wildman–Crippen LogP) is 1.93. The van der Waals surface area contributed by atoms with Crippen LogP contribution >= 0.6 is 11.6 Å². The van der Waals surface area contributed by atoms with Gasteiger partial charge in [0.05, 0.1) is 29.1 Å². The van der Waals surface area contributed by atoms with Crippen molar-refractivity contribution in [2.45, 2.75) is 19.4 Å². The van der Waals surface area contributed by atoms with Gasteiger partial charge in [0.25, 0.3) is 0 Å². The van der Waals surface area contributed by atoms with Gasteiger partial charge in [-0.3, -0.25) is 0 Å². The molecule has 2 rings (SSSR count). The first kappa shape index (κ1) is 11.5. The molecule has 1 aromatic rings. The highest BCUT2D eigenvalue weighted by Gasteiger charge is 2.28. The standard InChI is InChI=1S/C11H16ClN3O/c1-11(2)7-15(3-4-16-11)10-9(12)5-8(13)6-14-10/h5-6H,3-4,7,13H2,1-2H3. The third-order valence-corrected chi connectivity index (χ3v) is 2.85. The molecule has 16 heavy (non-hydrogen) atoms. The summed E-state index contributed by atoms with van der Waals surface area (Å²) in [5.74, 6) is 0.784. The summed E-state index contributed by atoms with van der Waals surface area (Å²) in [5, 5.41) is 0.595. The lowest BCUT2D eigenvalue weighted by molar-refractivity contribution is -0.0279. The summed E-state index contributed by atoms with van der Waals surface area (Å²) in [7, 11) is 0.